The van der Waals surface area contributed by atoms with Crippen LogP contribution in [0.15, 0.2) is 83.5 Å². The van der Waals surface area contributed by atoms with Crippen molar-refractivity contribution in [1.29, 1.82) is 0 Å². The van der Waals surface area contributed by atoms with E-state index >= 15 is 0 Å². The topological polar surface area (TPSA) is 61.6 Å². The Kier molecular flexibility index (Phi) is 4.87. The molecule has 3 aromatic carbocycles. The molecule has 0 spiro atoms. The van der Waals surface area contributed by atoms with E-state index in [-0.39, 0.29) is 18.1 Å². The van der Waals surface area contributed by atoms with Crippen LogP contribution in [0, 0.1) is 0 Å². The van der Waals surface area contributed by atoms with Crippen molar-refractivity contribution in [2.45, 2.75) is 19.6 Å². The van der Waals surface area contributed by atoms with Gasteiger partial charge in [-0.1, -0.05) is 48.5 Å². The Bertz CT molecular complexity index is 1200. The number of ether oxygens (including phenoxy) is 2. The summed E-state index contributed by atoms with van der Waals surface area (Å²) in [6.45, 7) is 1.24. The van der Waals surface area contributed by atoms with Crippen LogP contribution in [0.5, 0.6) is 11.5 Å². The molecule has 5 nitrogen and oxygen atoms in total. The van der Waals surface area contributed by atoms with Gasteiger partial charge in [0.1, 0.15) is 23.5 Å². The van der Waals surface area contributed by atoms with Crippen molar-refractivity contribution < 1.29 is 18.7 Å². The molecule has 0 aliphatic carbocycles. The molecule has 0 N–H and O–H groups in total. The van der Waals surface area contributed by atoms with Crippen LogP contribution < -0.4 is 4.74 Å². The third-order valence-corrected chi connectivity index (χ3v) is 5.00. The average Bonchev–Trinajstić information content (AvgIpc) is 3.44. The Morgan fingerprint density at radius 2 is 1.73 bits per heavy atom. The minimum atomic E-state index is -0.156. The molecule has 0 saturated heterocycles. The highest BCUT2D eigenvalue weighted by molar-refractivity contribution is 5.93. The number of oxazole rings is 1. The number of rotatable bonds is 6. The minimum absolute atomic E-state index is 0.108. The first-order valence-corrected chi connectivity index (χ1v) is 9.75. The molecule has 0 fully saturated rings. The van der Waals surface area contributed by atoms with Crippen LogP contribution in [-0.2, 0) is 24.4 Å². The first-order valence-electron chi connectivity index (χ1n) is 9.75. The molecule has 4 aromatic rings. The zero-order chi connectivity index (χ0) is 20.3. The van der Waals surface area contributed by atoms with Crippen molar-refractivity contribution >= 4 is 5.78 Å². The van der Waals surface area contributed by atoms with E-state index in [9.17, 15) is 4.79 Å². The Labute approximate surface area is 173 Å². The highest BCUT2D eigenvalue weighted by Gasteiger charge is 2.17. The molecular formula is C25H19NO4. The van der Waals surface area contributed by atoms with Gasteiger partial charge in [0.15, 0.2) is 0 Å². The number of aromatic nitrogens is 1. The molecule has 0 radical (unpaired) electrons. The number of nitrogens with zero attached hydrogens (tertiary/aromatic N) is 1. The summed E-state index contributed by atoms with van der Waals surface area (Å²) < 4.78 is 16.8. The van der Waals surface area contributed by atoms with E-state index in [0.29, 0.717) is 24.7 Å². The number of hydrogen-bond acceptors (Lipinski definition) is 5. The number of carbonyl (C=O) groups is 1. The van der Waals surface area contributed by atoms with E-state index in [2.05, 4.69) is 4.98 Å². The summed E-state index contributed by atoms with van der Waals surface area (Å²) in [7, 11) is 0. The monoisotopic (exact) mass is 397 g/mol. The van der Waals surface area contributed by atoms with Gasteiger partial charge in [0, 0.05) is 12.0 Å². The van der Waals surface area contributed by atoms with Crippen LogP contribution in [-0.4, -0.2) is 10.8 Å². The van der Waals surface area contributed by atoms with Crippen LogP contribution in [0.1, 0.15) is 27.4 Å². The first kappa shape index (κ1) is 18.3. The van der Waals surface area contributed by atoms with Crippen molar-refractivity contribution in [3.05, 3.63) is 102 Å². The van der Waals surface area contributed by atoms with Gasteiger partial charge in [-0.05, 0) is 41.0 Å². The van der Waals surface area contributed by atoms with E-state index in [4.69, 9.17) is 13.9 Å². The molecule has 0 amide bonds. The number of para-hydroxylation sites is 1. The van der Waals surface area contributed by atoms with Gasteiger partial charge >= 0.3 is 0 Å². The summed E-state index contributed by atoms with van der Waals surface area (Å²) in [6, 6.07) is 23.1. The van der Waals surface area contributed by atoms with Gasteiger partial charge < -0.3 is 13.9 Å². The average molecular weight is 397 g/mol. The third kappa shape index (κ3) is 3.88. The zero-order valence-corrected chi connectivity index (χ0v) is 16.2. The van der Waals surface area contributed by atoms with Crippen molar-refractivity contribution in [3.63, 3.8) is 0 Å². The fourth-order valence-electron chi connectivity index (χ4n) is 3.47. The van der Waals surface area contributed by atoms with E-state index in [1.165, 1.54) is 11.8 Å². The molecule has 0 saturated carbocycles. The van der Waals surface area contributed by atoms with Crippen LogP contribution in [0.4, 0.5) is 0 Å². The van der Waals surface area contributed by atoms with E-state index < -0.39 is 0 Å². The lowest BCUT2D eigenvalue weighted by Crippen LogP contribution is -2.04. The second-order valence-corrected chi connectivity index (χ2v) is 7.18. The number of carbonyl (C=O) groups excluding carboxylic acids is 1. The summed E-state index contributed by atoms with van der Waals surface area (Å²) in [4.78, 5) is 17.1. The standard InChI is InChI=1S/C25H19NO4/c27-24(12-17-9-10-19-14-28-15-20(19)11-17)25-26-23(16-29-25)18-5-4-8-22(13-18)30-21-6-2-1-3-7-21/h1-11,13,16H,12,14-15H2. The quantitative estimate of drug-likeness (QED) is 0.397. The maximum atomic E-state index is 12.7. The van der Waals surface area contributed by atoms with Crippen molar-refractivity contribution in [3.8, 4) is 22.8 Å². The number of hydrogen-bond donors (Lipinski definition) is 0. The summed E-state index contributed by atoms with van der Waals surface area (Å²) in [5.41, 5.74) is 4.67. The van der Waals surface area contributed by atoms with E-state index in [1.54, 1.807) is 0 Å². The van der Waals surface area contributed by atoms with Crippen LogP contribution >= 0.6 is 0 Å². The molecule has 0 unspecified atom stereocenters. The lowest BCUT2D eigenvalue weighted by Gasteiger charge is -2.06. The van der Waals surface area contributed by atoms with Crippen LogP contribution in [0.25, 0.3) is 11.3 Å². The largest absolute Gasteiger partial charge is 0.457 e. The van der Waals surface area contributed by atoms with E-state index in [0.717, 1.165) is 22.4 Å². The SMILES string of the molecule is O=C(Cc1ccc2c(c1)COC2)c1nc(-c2cccc(Oc3ccccc3)c2)co1. The van der Waals surface area contributed by atoms with Crippen molar-refractivity contribution in [2.24, 2.45) is 0 Å². The molecule has 1 aliphatic heterocycles. The Hall–Kier alpha value is -3.70. The number of ketones is 1. The summed E-state index contributed by atoms with van der Waals surface area (Å²) in [5.74, 6) is 1.40. The predicted octanol–water partition coefficient (Wildman–Crippen LogP) is 5.59. The molecule has 1 aliphatic rings. The highest BCUT2D eigenvalue weighted by atomic mass is 16.5. The van der Waals surface area contributed by atoms with Gasteiger partial charge in [-0.25, -0.2) is 4.98 Å². The van der Waals surface area contributed by atoms with Gasteiger partial charge in [0.25, 0.3) is 5.89 Å². The third-order valence-electron chi connectivity index (χ3n) is 5.00. The molecular weight excluding hydrogens is 378 g/mol. The second-order valence-electron chi connectivity index (χ2n) is 7.18. The van der Waals surface area contributed by atoms with Gasteiger partial charge in [-0.15, -0.1) is 0 Å². The molecule has 1 aromatic heterocycles. The normalized spacial score (nSPS) is 12.5. The molecule has 148 valence electrons. The summed E-state index contributed by atoms with van der Waals surface area (Å²) >= 11 is 0. The highest BCUT2D eigenvalue weighted by Crippen LogP contribution is 2.27. The fraction of sp³-hybridized carbons (Fsp3) is 0.120. The first-order chi connectivity index (χ1) is 14.7. The molecule has 0 bridgehead atoms. The van der Waals surface area contributed by atoms with Gasteiger partial charge in [0.2, 0.25) is 5.78 Å². The second kappa shape index (κ2) is 7.97. The molecule has 5 heteroatoms. The van der Waals surface area contributed by atoms with Gasteiger partial charge in [0.05, 0.1) is 13.2 Å². The molecule has 2 heterocycles. The Balaban J connectivity index is 1.31. The van der Waals surface area contributed by atoms with Gasteiger partial charge in [-0.2, -0.15) is 0 Å². The van der Waals surface area contributed by atoms with Crippen LogP contribution in [0.3, 0.4) is 0 Å². The van der Waals surface area contributed by atoms with Crippen molar-refractivity contribution in [2.75, 3.05) is 0 Å². The molecule has 5 rings (SSSR count). The summed E-state index contributed by atoms with van der Waals surface area (Å²) in [5, 5.41) is 0. The smallest absolute Gasteiger partial charge is 0.264 e. The molecule has 30 heavy (non-hydrogen) atoms. The Morgan fingerprint density at radius 3 is 2.63 bits per heavy atom. The Morgan fingerprint density at radius 1 is 0.900 bits per heavy atom. The number of benzene rings is 3. The lowest BCUT2D eigenvalue weighted by molar-refractivity contribution is 0.0959. The number of fused-ring (bicyclic) bond motifs is 1. The lowest BCUT2D eigenvalue weighted by atomic mass is 10.0. The predicted molar refractivity (Wildman–Crippen MR) is 111 cm³/mol. The zero-order valence-electron chi connectivity index (χ0n) is 16.2. The maximum absolute atomic E-state index is 12.7. The summed E-state index contributed by atoms with van der Waals surface area (Å²) in [6.07, 6.45) is 1.75. The minimum Gasteiger partial charge on any atom is -0.457 e. The fourth-order valence-corrected chi connectivity index (χ4v) is 3.47. The number of Topliss-reactive ketones (excluding diaryl/α,β-unsaturated/α-hetero) is 1. The van der Waals surface area contributed by atoms with Gasteiger partial charge in [-0.3, -0.25) is 4.79 Å². The van der Waals surface area contributed by atoms with Crippen LogP contribution in [0.2, 0.25) is 0 Å². The van der Waals surface area contributed by atoms with E-state index in [1.807, 2.05) is 72.8 Å². The molecule has 0 atom stereocenters. The van der Waals surface area contributed by atoms with Crippen molar-refractivity contribution in [1.82, 2.24) is 4.98 Å². The maximum Gasteiger partial charge on any atom is 0.264 e.